The van der Waals surface area contributed by atoms with E-state index in [1.165, 1.54) is 19.3 Å². The second-order valence-electron chi connectivity index (χ2n) is 4.39. The molecule has 16 heavy (non-hydrogen) atoms. The molecule has 0 radical (unpaired) electrons. The molecule has 1 heterocycles. The molecule has 1 aromatic heterocycles. The Hall–Kier alpha value is -1.40. The zero-order valence-corrected chi connectivity index (χ0v) is 9.61. The van der Waals surface area contributed by atoms with Crippen molar-refractivity contribution in [3.8, 4) is 6.07 Å². The monoisotopic (exact) mass is 215 g/mol. The average molecular weight is 215 g/mol. The summed E-state index contributed by atoms with van der Waals surface area (Å²) in [7, 11) is 0. The van der Waals surface area contributed by atoms with E-state index in [0.29, 0.717) is 11.7 Å². The van der Waals surface area contributed by atoms with Gasteiger partial charge < -0.3 is 5.32 Å². The summed E-state index contributed by atoms with van der Waals surface area (Å²) in [5.74, 6) is 0.854. The Morgan fingerprint density at radius 3 is 3.25 bits per heavy atom. The first kappa shape index (κ1) is 11.1. The number of rotatable bonds is 5. The van der Waals surface area contributed by atoms with E-state index in [4.69, 9.17) is 5.26 Å². The Morgan fingerprint density at radius 1 is 1.62 bits per heavy atom. The summed E-state index contributed by atoms with van der Waals surface area (Å²) in [6, 6.07) is 6.64. The lowest BCUT2D eigenvalue weighted by atomic mass is 10.2. The number of hydrogen-bond acceptors (Lipinski definition) is 3. The highest BCUT2D eigenvalue weighted by atomic mass is 15.0. The van der Waals surface area contributed by atoms with Gasteiger partial charge in [0.05, 0.1) is 0 Å². The number of nitrogens with zero attached hydrogens (tertiary/aromatic N) is 2. The van der Waals surface area contributed by atoms with Crippen molar-refractivity contribution in [3.63, 3.8) is 0 Å². The van der Waals surface area contributed by atoms with Crippen LogP contribution >= 0.6 is 0 Å². The molecule has 1 aromatic rings. The number of hydrogen-bond donors (Lipinski definition) is 1. The SMILES string of the molecule is CCCC1CC1NCc1cccnc1C#N. The van der Waals surface area contributed by atoms with Crippen molar-refractivity contribution in [1.29, 1.82) is 5.26 Å². The third kappa shape index (κ3) is 2.59. The van der Waals surface area contributed by atoms with Gasteiger partial charge in [-0.3, -0.25) is 0 Å². The van der Waals surface area contributed by atoms with Crippen molar-refractivity contribution >= 4 is 0 Å². The number of nitriles is 1. The van der Waals surface area contributed by atoms with E-state index >= 15 is 0 Å². The van der Waals surface area contributed by atoms with Gasteiger partial charge in [-0.1, -0.05) is 19.4 Å². The van der Waals surface area contributed by atoms with Gasteiger partial charge in [-0.15, -0.1) is 0 Å². The molecule has 2 atom stereocenters. The minimum atomic E-state index is 0.544. The van der Waals surface area contributed by atoms with Gasteiger partial charge in [0.25, 0.3) is 0 Å². The summed E-state index contributed by atoms with van der Waals surface area (Å²) in [5, 5.41) is 12.4. The van der Waals surface area contributed by atoms with Crippen molar-refractivity contribution in [1.82, 2.24) is 10.3 Å². The summed E-state index contributed by atoms with van der Waals surface area (Å²) in [5.41, 5.74) is 1.55. The molecule has 0 aliphatic heterocycles. The van der Waals surface area contributed by atoms with Gasteiger partial charge in [0.2, 0.25) is 0 Å². The van der Waals surface area contributed by atoms with Crippen LogP contribution in [0.15, 0.2) is 18.3 Å². The van der Waals surface area contributed by atoms with Crippen molar-refractivity contribution < 1.29 is 0 Å². The molecule has 1 N–H and O–H groups in total. The fourth-order valence-corrected chi connectivity index (χ4v) is 2.11. The van der Waals surface area contributed by atoms with Gasteiger partial charge in [-0.2, -0.15) is 5.26 Å². The predicted octanol–water partition coefficient (Wildman–Crippen LogP) is 2.23. The maximum atomic E-state index is 8.90. The molecule has 0 amide bonds. The highest BCUT2D eigenvalue weighted by Gasteiger charge is 2.35. The lowest BCUT2D eigenvalue weighted by Gasteiger charge is -2.05. The molecule has 0 bridgehead atoms. The van der Waals surface area contributed by atoms with Crippen LogP contribution in [0, 0.1) is 17.2 Å². The van der Waals surface area contributed by atoms with Crippen LogP contribution in [0.4, 0.5) is 0 Å². The second kappa shape index (κ2) is 5.09. The first-order chi connectivity index (χ1) is 7.85. The molecule has 1 fully saturated rings. The van der Waals surface area contributed by atoms with Crippen LogP contribution < -0.4 is 5.32 Å². The van der Waals surface area contributed by atoms with E-state index in [1.807, 2.05) is 12.1 Å². The molecule has 1 aliphatic carbocycles. The lowest BCUT2D eigenvalue weighted by molar-refractivity contribution is 0.598. The molecule has 2 rings (SSSR count). The second-order valence-corrected chi connectivity index (χ2v) is 4.39. The van der Waals surface area contributed by atoms with Gasteiger partial charge in [0.1, 0.15) is 11.8 Å². The Morgan fingerprint density at radius 2 is 2.50 bits per heavy atom. The normalized spacial score (nSPS) is 22.8. The summed E-state index contributed by atoms with van der Waals surface area (Å²) >= 11 is 0. The molecule has 1 saturated carbocycles. The Kier molecular flexibility index (Phi) is 3.53. The first-order valence-electron chi connectivity index (χ1n) is 5.92. The molecule has 0 aromatic carbocycles. The van der Waals surface area contributed by atoms with Gasteiger partial charge in [0, 0.05) is 24.3 Å². The molecular formula is C13H17N3. The maximum Gasteiger partial charge on any atom is 0.144 e. The molecule has 0 spiro atoms. The first-order valence-corrected chi connectivity index (χ1v) is 5.92. The molecule has 3 heteroatoms. The standard InChI is InChI=1S/C13H17N3/c1-2-4-10-7-12(10)16-9-11-5-3-6-15-13(11)8-14/h3,5-6,10,12,16H,2,4,7,9H2,1H3. The fraction of sp³-hybridized carbons (Fsp3) is 0.538. The van der Waals surface area contributed by atoms with Crippen LogP contribution in [-0.2, 0) is 6.54 Å². The number of aromatic nitrogens is 1. The summed E-state index contributed by atoms with van der Waals surface area (Å²) in [6.45, 7) is 2.99. The average Bonchev–Trinajstić information content (AvgIpc) is 3.06. The third-order valence-corrected chi connectivity index (χ3v) is 3.13. The Bertz CT molecular complexity index is 394. The molecule has 2 unspecified atom stereocenters. The molecule has 0 saturated heterocycles. The summed E-state index contributed by atoms with van der Waals surface area (Å²) < 4.78 is 0. The van der Waals surface area contributed by atoms with E-state index in [9.17, 15) is 0 Å². The largest absolute Gasteiger partial charge is 0.310 e. The molecular weight excluding hydrogens is 198 g/mol. The highest BCUT2D eigenvalue weighted by molar-refractivity contribution is 5.30. The Balaban J connectivity index is 1.85. The van der Waals surface area contributed by atoms with Crippen molar-refractivity contribution in [2.24, 2.45) is 5.92 Å². The van der Waals surface area contributed by atoms with Crippen LogP contribution in [0.3, 0.4) is 0 Å². The highest BCUT2D eigenvalue weighted by Crippen LogP contribution is 2.34. The van der Waals surface area contributed by atoms with Crippen LogP contribution in [-0.4, -0.2) is 11.0 Å². The Labute approximate surface area is 96.5 Å². The number of nitrogens with one attached hydrogen (secondary N) is 1. The van der Waals surface area contributed by atoms with E-state index in [2.05, 4.69) is 23.3 Å². The fourth-order valence-electron chi connectivity index (χ4n) is 2.11. The van der Waals surface area contributed by atoms with Gasteiger partial charge >= 0.3 is 0 Å². The van der Waals surface area contributed by atoms with Gasteiger partial charge in [-0.05, 0) is 24.8 Å². The lowest BCUT2D eigenvalue weighted by Crippen LogP contribution is -2.18. The molecule has 84 valence electrons. The van der Waals surface area contributed by atoms with Crippen molar-refractivity contribution in [2.75, 3.05) is 0 Å². The summed E-state index contributed by atoms with van der Waals surface area (Å²) in [6.07, 6.45) is 5.53. The quantitative estimate of drug-likeness (QED) is 0.819. The van der Waals surface area contributed by atoms with E-state index in [-0.39, 0.29) is 0 Å². The van der Waals surface area contributed by atoms with E-state index < -0.39 is 0 Å². The third-order valence-electron chi connectivity index (χ3n) is 3.13. The van der Waals surface area contributed by atoms with Crippen LogP contribution in [0.25, 0.3) is 0 Å². The minimum absolute atomic E-state index is 0.544. The van der Waals surface area contributed by atoms with Crippen molar-refractivity contribution in [2.45, 2.75) is 38.8 Å². The van der Waals surface area contributed by atoms with Gasteiger partial charge in [-0.25, -0.2) is 4.98 Å². The van der Waals surface area contributed by atoms with E-state index in [1.54, 1.807) is 6.20 Å². The van der Waals surface area contributed by atoms with E-state index in [0.717, 1.165) is 18.0 Å². The van der Waals surface area contributed by atoms with Crippen LogP contribution in [0.5, 0.6) is 0 Å². The van der Waals surface area contributed by atoms with Crippen LogP contribution in [0.2, 0.25) is 0 Å². The summed E-state index contributed by atoms with van der Waals surface area (Å²) in [4.78, 5) is 4.05. The zero-order valence-electron chi connectivity index (χ0n) is 9.61. The zero-order chi connectivity index (χ0) is 11.4. The van der Waals surface area contributed by atoms with Crippen molar-refractivity contribution in [3.05, 3.63) is 29.6 Å². The topological polar surface area (TPSA) is 48.7 Å². The predicted molar refractivity (Wildman–Crippen MR) is 62.6 cm³/mol. The molecule has 1 aliphatic rings. The van der Waals surface area contributed by atoms with Gasteiger partial charge in [0.15, 0.2) is 0 Å². The smallest absolute Gasteiger partial charge is 0.144 e. The molecule has 3 nitrogen and oxygen atoms in total. The maximum absolute atomic E-state index is 8.90. The minimum Gasteiger partial charge on any atom is -0.310 e. The number of pyridine rings is 1. The van der Waals surface area contributed by atoms with Crippen LogP contribution in [0.1, 0.15) is 37.4 Å².